The molecule has 1 aliphatic rings. The van der Waals surface area contributed by atoms with Gasteiger partial charge in [0.1, 0.15) is 5.75 Å². The predicted molar refractivity (Wildman–Crippen MR) is 103 cm³/mol. The molecule has 2 heterocycles. The number of hydrogen-bond acceptors (Lipinski definition) is 3. The third-order valence-corrected chi connectivity index (χ3v) is 4.98. The Hall–Kier alpha value is -3.28. The van der Waals surface area contributed by atoms with Gasteiger partial charge in [0.05, 0.1) is 19.2 Å². The van der Waals surface area contributed by atoms with Crippen molar-refractivity contribution in [2.75, 3.05) is 20.2 Å². The molecule has 4 rings (SSSR count). The van der Waals surface area contributed by atoms with E-state index in [4.69, 9.17) is 4.74 Å². The first-order chi connectivity index (χ1) is 13.2. The number of rotatable bonds is 4. The largest absolute Gasteiger partial charge is 0.495 e. The van der Waals surface area contributed by atoms with Crippen LogP contribution in [0.4, 0.5) is 0 Å². The second kappa shape index (κ2) is 7.15. The van der Waals surface area contributed by atoms with Crippen LogP contribution in [0.5, 0.6) is 5.75 Å². The Morgan fingerprint density at radius 1 is 1.15 bits per heavy atom. The second-order valence-electron chi connectivity index (χ2n) is 6.58. The van der Waals surface area contributed by atoms with Crippen LogP contribution >= 0.6 is 0 Å². The molecule has 0 fully saturated rings. The SMILES string of the molecule is COc1cccc2c3c([nH]c12)CCN(C(=O)CNC(=O)c1ccccc1)C3. The van der Waals surface area contributed by atoms with Gasteiger partial charge in [0.15, 0.2) is 0 Å². The molecule has 2 N–H and O–H groups in total. The minimum absolute atomic E-state index is 0.00522. The van der Waals surface area contributed by atoms with Crippen LogP contribution in [0.2, 0.25) is 0 Å². The molecule has 27 heavy (non-hydrogen) atoms. The lowest BCUT2D eigenvalue weighted by atomic mass is 10.0. The van der Waals surface area contributed by atoms with Gasteiger partial charge in [-0.15, -0.1) is 0 Å². The molecule has 0 aliphatic carbocycles. The summed E-state index contributed by atoms with van der Waals surface area (Å²) >= 11 is 0. The standard InChI is InChI=1S/C21H21N3O3/c1-27-18-9-5-8-15-16-13-24(11-10-17(16)23-20(15)18)19(25)12-22-21(26)14-6-3-2-4-7-14/h2-9,23H,10-13H2,1H3,(H,22,26). The number of nitrogens with one attached hydrogen (secondary N) is 2. The van der Waals surface area contributed by atoms with Crippen molar-refractivity contribution < 1.29 is 14.3 Å². The molecule has 3 aromatic rings. The van der Waals surface area contributed by atoms with Gasteiger partial charge in [0.2, 0.25) is 5.91 Å². The number of nitrogens with zero attached hydrogens (tertiary/aromatic N) is 1. The summed E-state index contributed by atoms with van der Waals surface area (Å²) in [6, 6.07) is 14.8. The zero-order valence-corrected chi connectivity index (χ0v) is 15.1. The van der Waals surface area contributed by atoms with E-state index in [0.717, 1.165) is 34.3 Å². The van der Waals surface area contributed by atoms with Gasteiger partial charge < -0.3 is 19.9 Å². The predicted octanol–water partition coefficient (Wildman–Crippen LogP) is 2.49. The van der Waals surface area contributed by atoms with Crippen LogP contribution in [-0.2, 0) is 17.8 Å². The van der Waals surface area contributed by atoms with E-state index < -0.39 is 0 Å². The van der Waals surface area contributed by atoms with Crippen molar-refractivity contribution in [3.63, 3.8) is 0 Å². The molecule has 0 saturated carbocycles. The topological polar surface area (TPSA) is 74.4 Å². The van der Waals surface area contributed by atoms with Crippen molar-refractivity contribution in [2.24, 2.45) is 0 Å². The number of fused-ring (bicyclic) bond motifs is 3. The van der Waals surface area contributed by atoms with Crippen LogP contribution in [0.1, 0.15) is 21.6 Å². The maximum atomic E-state index is 12.6. The van der Waals surface area contributed by atoms with E-state index in [-0.39, 0.29) is 18.4 Å². The summed E-state index contributed by atoms with van der Waals surface area (Å²) in [4.78, 5) is 30.0. The van der Waals surface area contributed by atoms with E-state index in [2.05, 4.69) is 10.3 Å². The number of carbonyl (C=O) groups excluding carboxylic acids is 2. The Morgan fingerprint density at radius 2 is 1.96 bits per heavy atom. The number of amides is 2. The van der Waals surface area contributed by atoms with E-state index in [1.165, 1.54) is 0 Å². The van der Waals surface area contributed by atoms with Crippen molar-refractivity contribution in [3.05, 3.63) is 65.4 Å². The van der Waals surface area contributed by atoms with Crippen molar-refractivity contribution in [3.8, 4) is 5.75 Å². The van der Waals surface area contributed by atoms with Gasteiger partial charge in [-0.1, -0.05) is 30.3 Å². The van der Waals surface area contributed by atoms with Crippen LogP contribution in [0.3, 0.4) is 0 Å². The maximum absolute atomic E-state index is 12.6. The lowest BCUT2D eigenvalue weighted by Crippen LogP contribution is -2.42. The number of ether oxygens (including phenoxy) is 1. The third kappa shape index (κ3) is 3.26. The quantitative estimate of drug-likeness (QED) is 0.748. The Labute approximate surface area is 157 Å². The molecule has 138 valence electrons. The molecule has 0 spiro atoms. The smallest absolute Gasteiger partial charge is 0.251 e. The number of para-hydroxylation sites is 1. The average Bonchev–Trinajstić information content (AvgIpc) is 3.10. The highest BCUT2D eigenvalue weighted by Gasteiger charge is 2.25. The molecule has 6 nitrogen and oxygen atoms in total. The van der Waals surface area contributed by atoms with Crippen molar-refractivity contribution in [2.45, 2.75) is 13.0 Å². The zero-order chi connectivity index (χ0) is 18.8. The molecule has 2 aromatic carbocycles. The number of hydrogen-bond donors (Lipinski definition) is 2. The van der Waals surface area contributed by atoms with Crippen molar-refractivity contribution in [1.29, 1.82) is 0 Å². The molecule has 0 bridgehead atoms. The number of aromatic amines is 1. The first kappa shape index (κ1) is 17.1. The van der Waals surface area contributed by atoms with Gasteiger partial charge in [-0.25, -0.2) is 0 Å². The molecule has 6 heteroatoms. The summed E-state index contributed by atoms with van der Waals surface area (Å²) in [6.07, 6.45) is 0.755. The van der Waals surface area contributed by atoms with E-state index in [0.29, 0.717) is 18.7 Å². The monoisotopic (exact) mass is 363 g/mol. The van der Waals surface area contributed by atoms with Crippen molar-refractivity contribution in [1.82, 2.24) is 15.2 Å². The molecule has 1 aromatic heterocycles. The van der Waals surface area contributed by atoms with Crippen molar-refractivity contribution >= 4 is 22.7 Å². The highest BCUT2D eigenvalue weighted by atomic mass is 16.5. The Bertz CT molecular complexity index is 995. The van der Waals surface area contributed by atoms with Crippen LogP contribution < -0.4 is 10.1 Å². The maximum Gasteiger partial charge on any atom is 0.251 e. The van der Waals surface area contributed by atoms with E-state index in [1.807, 2.05) is 24.3 Å². The van der Waals surface area contributed by atoms with Crippen LogP contribution in [-0.4, -0.2) is 41.9 Å². The second-order valence-corrected chi connectivity index (χ2v) is 6.58. The Balaban J connectivity index is 1.46. The number of benzene rings is 2. The van der Waals surface area contributed by atoms with Gasteiger partial charge in [0, 0.05) is 41.7 Å². The molecule has 0 saturated heterocycles. The van der Waals surface area contributed by atoms with Gasteiger partial charge in [-0.2, -0.15) is 0 Å². The molecule has 2 amide bonds. The lowest BCUT2D eigenvalue weighted by Gasteiger charge is -2.27. The molecule has 1 aliphatic heterocycles. The molecule has 0 atom stereocenters. The minimum Gasteiger partial charge on any atom is -0.495 e. The first-order valence-corrected chi connectivity index (χ1v) is 8.95. The Kier molecular flexibility index (Phi) is 4.54. The summed E-state index contributed by atoms with van der Waals surface area (Å²) in [6.45, 7) is 1.15. The fraction of sp³-hybridized carbons (Fsp3) is 0.238. The van der Waals surface area contributed by atoms with Gasteiger partial charge in [-0.3, -0.25) is 9.59 Å². The number of H-pyrrole nitrogens is 1. The summed E-state index contributed by atoms with van der Waals surface area (Å²) in [7, 11) is 1.65. The zero-order valence-electron chi connectivity index (χ0n) is 15.1. The van der Waals surface area contributed by atoms with E-state index in [1.54, 1.807) is 36.3 Å². The number of methoxy groups -OCH3 is 1. The first-order valence-electron chi connectivity index (χ1n) is 8.95. The van der Waals surface area contributed by atoms with E-state index >= 15 is 0 Å². The highest BCUT2D eigenvalue weighted by molar-refractivity contribution is 5.96. The lowest BCUT2D eigenvalue weighted by molar-refractivity contribution is -0.131. The highest BCUT2D eigenvalue weighted by Crippen LogP contribution is 2.32. The van der Waals surface area contributed by atoms with Crippen LogP contribution in [0.15, 0.2) is 48.5 Å². The van der Waals surface area contributed by atoms with Gasteiger partial charge in [0.25, 0.3) is 5.91 Å². The summed E-state index contributed by atoms with van der Waals surface area (Å²) < 4.78 is 5.43. The number of aromatic nitrogens is 1. The molecular weight excluding hydrogens is 342 g/mol. The van der Waals surface area contributed by atoms with E-state index in [9.17, 15) is 9.59 Å². The Morgan fingerprint density at radius 3 is 2.74 bits per heavy atom. The molecular formula is C21H21N3O3. The third-order valence-electron chi connectivity index (χ3n) is 4.98. The summed E-state index contributed by atoms with van der Waals surface area (Å²) in [5.41, 5.74) is 3.79. The fourth-order valence-electron chi connectivity index (χ4n) is 3.55. The molecule has 0 unspecified atom stereocenters. The van der Waals surface area contributed by atoms with Gasteiger partial charge in [-0.05, 0) is 18.2 Å². The fourth-order valence-corrected chi connectivity index (χ4v) is 3.55. The number of carbonyl (C=O) groups is 2. The molecule has 0 radical (unpaired) electrons. The minimum atomic E-state index is -0.238. The average molecular weight is 363 g/mol. The van der Waals surface area contributed by atoms with Crippen LogP contribution in [0, 0.1) is 0 Å². The van der Waals surface area contributed by atoms with Crippen LogP contribution in [0.25, 0.3) is 10.9 Å². The summed E-state index contributed by atoms with van der Waals surface area (Å²) in [5, 5.41) is 3.79. The normalized spacial score (nSPS) is 13.3. The summed E-state index contributed by atoms with van der Waals surface area (Å²) in [5.74, 6) is 0.482. The van der Waals surface area contributed by atoms with Gasteiger partial charge >= 0.3 is 0 Å².